The van der Waals surface area contributed by atoms with Gasteiger partial charge in [-0.1, -0.05) is 0 Å². The maximum atomic E-state index is 9.90. The third-order valence-corrected chi connectivity index (χ3v) is 0.714. The molecule has 0 aliphatic rings. The highest BCUT2D eigenvalue weighted by Gasteiger charge is 1.83. The summed E-state index contributed by atoms with van der Waals surface area (Å²) in [5.41, 5.74) is 0.368. The first-order valence-corrected chi connectivity index (χ1v) is 2.16. The Morgan fingerprint density at radius 2 is 2.33 bits per heavy atom. The summed E-state index contributed by atoms with van der Waals surface area (Å²) in [6.07, 6.45) is 2.18. The summed E-state index contributed by atoms with van der Waals surface area (Å²) < 4.78 is 0. The van der Waals surface area contributed by atoms with Gasteiger partial charge in [0, 0.05) is 6.20 Å². The zero-order valence-electron chi connectivity index (χ0n) is 4.52. The van der Waals surface area contributed by atoms with Crippen LogP contribution in [-0.2, 0) is 0 Å². The second-order valence-corrected chi connectivity index (χ2v) is 1.27. The molecular weight excluding hydrogens is 140 g/mol. The minimum absolute atomic E-state index is 0. The van der Waals surface area contributed by atoms with Crippen LogP contribution in [-0.4, -0.2) is 16.5 Å². The number of nitrogens with zero attached hydrogens (tertiary/aromatic N) is 2. The monoisotopic (exact) mass is 144 g/mol. The molecule has 9 heavy (non-hydrogen) atoms. The summed E-state index contributed by atoms with van der Waals surface area (Å²) in [5.74, 6) is 0. The van der Waals surface area contributed by atoms with Crippen molar-refractivity contribution in [2.75, 3.05) is 0 Å². The van der Waals surface area contributed by atoms with E-state index in [2.05, 4.69) is 10.2 Å². The van der Waals surface area contributed by atoms with Gasteiger partial charge in [0.1, 0.15) is 5.69 Å². The minimum Gasteiger partial charge on any atom is -0.296 e. The van der Waals surface area contributed by atoms with Gasteiger partial charge < -0.3 is 0 Å². The molecule has 1 aromatic rings. The number of hydrogen-bond donors (Lipinski definition) is 0. The SMILES string of the molecule is Cl.O=Cc1cccnn1. The zero-order valence-corrected chi connectivity index (χ0v) is 5.34. The van der Waals surface area contributed by atoms with E-state index < -0.39 is 0 Å². The molecular formula is C5H5ClN2O. The second-order valence-electron chi connectivity index (χ2n) is 1.27. The molecule has 0 saturated carbocycles. The summed E-state index contributed by atoms with van der Waals surface area (Å²) in [4.78, 5) is 9.90. The van der Waals surface area contributed by atoms with Crippen LogP contribution >= 0.6 is 12.4 Å². The maximum absolute atomic E-state index is 9.90. The molecule has 48 valence electrons. The molecule has 0 amide bonds. The third-order valence-electron chi connectivity index (χ3n) is 0.714. The van der Waals surface area contributed by atoms with Gasteiger partial charge in [-0.25, -0.2) is 0 Å². The normalized spacial score (nSPS) is 7.56. The van der Waals surface area contributed by atoms with Crippen molar-refractivity contribution in [1.82, 2.24) is 10.2 Å². The van der Waals surface area contributed by atoms with E-state index in [1.54, 1.807) is 12.1 Å². The van der Waals surface area contributed by atoms with Gasteiger partial charge in [0.05, 0.1) is 0 Å². The molecule has 0 fully saturated rings. The number of aromatic nitrogens is 2. The lowest BCUT2D eigenvalue weighted by Gasteiger charge is -1.80. The van der Waals surface area contributed by atoms with Crippen LogP contribution in [0.1, 0.15) is 10.5 Å². The summed E-state index contributed by atoms with van der Waals surface area (Å²) in [5, 5.41) is 6.95. The van der Waals surface area contributed by atoms with Crippen LogP contribution in [0.25, 0.3) is 0 Å². The van der Waals surface area contributed by atoms with E-state index in [9.17, 15) is 4.79 Å². The van der Waals surface area contributed by atoms with Gasteiger partial charge in [0.2, 0.25) is 0 Å². The predicted molar refractivity (Wildman–Crippen MR) is 34.7 cm³/mol. The van der Waals surface area contributed by atoms with Gasteiger partial charge in [-0.3, -0.25) is 4.79 Å². The van der Waals surface area contributed by atoms with Crippen molar-refractivity contribution < 1.29 is 4.79 Å². The van der Waals surface area contributed by atoms with Gasteiger partial charge >= 0.3 is 0 Å². The minimum atomic E-state index is 0. The van der Waals surface area contributed by atoms with E-state index in [4.69, 9.17) is 0 Å². The fourth-order valence-electron chi connectivity index (χ4n) is 0.376. The van der Waals surface area contributed by atoms with Gasteiger partial charge in [0.15, 0.2) is 6.29 Å². The highest BCUT2D eigenvalue weighted by Crippen LogP contribution is 1.81. The first kappa shape index (κ1) is 8.04. The Bertz CT molecular complexity index is 178. The number of carbonyl (C=O) groups excluding carboxylic acids is 1. The van der Waals surface area contributed by atoms with E-state index in [1.165, 1.54) is 6.20 Å². The van der Waals surface area contributed by atoms with E-state index >= 15 is 0 Å². The second kappa shape index (κ2) is 3.97. The van der Waals surface area contributed by atoms with E-state index in [1.807, 2.05) is 0 Å². The average Bonchev–Trinajstić information content (AvgIpc) is 1.90. The van der Waals surface area contributed by atoms with Crippen LogP contribution in [0.3, 0.4) is 0 Å². The summed E-state index contributed by atoms with van der Waals surface area (Å²) in [6, 6.07) is 3.26. The molecule has 0 atom stereocenters. The number of hydrogen-bond acceptors (Lipinski definition) is 3. The summed E-state index contributed by atoms with van der Waals surface area (Å²) in [7, 11) is 0. The molecule has 0 saturated heterocycles. The zero-order chi connectivity index (χ0) is 5.82. The Kier molecular flexibility index (Phi) is 3.55. The molecule has 1 aromatic heterocycles. The highest BCUT2D eigenvalue weighted by molar-refractivity contribution is 5.85. The molecule has 0 N–H and O–H groups in total. The third kappa shape index (κ3) is 2.19. The van der Waals surface area contributed by atoms with Crippen molar-refractivity contribution >= 4 is 18.7 Å². The predicted octanol–water partition coefficient (Wildman–Crippen LogP) is 0.711. The van der Waals surface area contributed by atoms with Gasteiger partial charge in [-0.15, -0.1) is 17.5 Å². The van der Waals surface area contributed by atoms with Crippen molar-refractivity contribution in [2.45, 2.75) is 0 Å². The van der Waals surface area contributed by atoms with E-state index in [0.717, 1.165) is 0 Å². The van der Waals surface area contributed by atoms with Crippen LogP contribution in [0.15, 0.2) is 18.3 Å². The topological polar surface area (TPSA) is 42.9 Å². The van der Waals surface area contributed by atoms with Crippen LogP contribution in [0.5, 0.6) is 0 Å². The number of rotatable bonds is 1. The molecule has 0 aliphatic carbocycles. The molecule has 1 rings (SSSR count). The lowest BCUT2D eigenvalue weighted by atomic mass is 10.4. The van der Waals surface area contributed by atoms with E-state index in [0.29, 0.717) is 12.0 Å². The van der Waals surface area contributed by atoms with Crippen LogP contribution < -0.4 is 0 Å². The molecule has 0 aromatic carbocycles. The summed E-state index contributed by atoms with van der Waals surface area (Å²) in [6.45, 7) is 0. The lowest BCUT2D eigenvalue weighted by Crippen LogP contribution is -1.85. The Balaban J connectivity index is 0.000000640. The van der Waals surface area contributed by atoms with Crippen molar-refractivity contribution in [1.29, 1.82) is 0 Å². The van der Waals surface area contributed by atoms with Crippen molar-refractivity contribution in [2.24, 2.45) is 0 Å². The van der Waals surface area contributed by atoms with Gasteiger partial charge in [-0.2, -0.15) is 5.10 Å². The van der Waals surface area contributed by atoms with Crippen molar-refractivity contribution in [3.05, 3.63) is 24.0 Å². The standard InChI is InChI=1S/C5H4N2O.ClH/c8-4-5-2-1-3-6-7-5;/h1-4H;1H. The molecule has 0 unspecified atom stereocenters. The Hall–Kier alpha value is -0.960. The molecule has 0 bridgehead atoms. The van der Waals surface area contributed by atoms with Gasteiger partial charge in [-0.05, 0) is 12.1 Å². The highest BCUT2D eigenvalue weighted by atomic mass is 35.5. The van der Waals surface area contributed by atoms with E-state index in [-0.39, 0.29) is 12.4 Å². The Morgan fingerprint density at radius 1 is 1.56 bits per heavy atom. The van der Waals surface area contributed by atoms with Crippen molar-refractivity contribution in [3.8, 4) is 0 Å². The number of carbonyl (C=O) groups is 1. The molecule has 4 heteroatoms. The summed E-state index contributed by atoms with van der Waals surface area (Å²) >= 11 is 0. The lowest BCUT2D eigenvalue weighted by molar-refractivity contribution is 0.111. The fourth-order valence-corrected chi connectivity index (χ4v) is 0.376. The number of aldehydes is 1. The average molecular weight is 145 g/mol. The molecule has 1 heterocycles. The van der Waals surface area contributed by atoms with Crippen LogP contribution in [0.2, 0.25) is 0 Å². The molecule has 3 nitrogen and oxygen atoms in total. The quantitative estimate of drug-likeness (QED) is 0.546. The number of halogens is 1. The van der Waals surface area contributed by atoms with Crippen LogP contribution in [0, 0.1) is 0 Å². The van der Waals surface area contributed by atoms with Crippen LogP contribution in [0.4, 0.5) is 0 Å². The Morgan fingerprint density at radius 3 is 2.67 bits per heavy atom. The first-order valence-electron chi connectivity index (χ1n) is 2.16. The molecule has 0 radical (unpaired) electrons. The maximum Gasteiger partial charge on any atom is 0.170 e. The molecule has 0 spiro atoms. The van der Waals surface area contributed by atoms with Gasteiger partial charge in [0.25, 0.3) is 0 Å². The first-order chi connectivity index (χ1) is 3.93. The largest absolute Gasteiger partial charge is 0.296 e. The fraction of sp³-hybridized carbons (Fsp3) is 0. The smallest absolute Gasteiger partial charge is 0.170 e. The Labute approximate surface area is 58.5 Å². The molecule has 0 aliphatic heterocycles. The van der Waals surface area contributed by atoms with Crippen molar-refractivity contribution in [3.63, 3.8) is 0 Å².